The van der Waals surface area contributed by atoms with Gasteiger partial charge in [0, 0.05) is 12.5 Å². The molecule has 2 N–H and O–H groups in total. The fraction of sp³-hybridized carbons (Fsp3) is 0.162. The second-order valence-electron chi connectivity index (χ2n) is 11.3. The van der Waals surface area contributed by atoms with Crippen molar-refractivity contribution in [2.45, 2.75) is 30.0 Å². The molecule has 42 heavy (non-hydrogen) atoms. The third-order valence-electron chi connectivity index (χ3n) is 9.21. The predicted octanol–water partition coefficient (Wildman–Crippen LogP) is 6.20. The predicted molar refractivity (Wildman–Crippen MR) is 160 cm³/mol. The molecular formula is C37H28N2O3. The Kier molecular flexibility index (Phi) is 5.52. The molecule has 204 valence electrons. The Hall–Kier alpha value is -4.89. The highest BCUT2D eigenvalue weighted by molar-refractivity contribution is 5.83. The highest BCUT2D eigenvalue weighted by atomic mass is 16.7. The van der Waals surface area contributed by atoms with E-state index in [9.17, 15) is 10.4 Å². The lowest BCUT2D eigenvalue weighted by Crippen LogP contribution is -2.56. The van der Waals surface area contributed by atoms with Crippen LogP contribution in [0.1, 0.15) is 38.9 Å². The lowest BCUT2D eigenvalue weighted by atomic mass is 9.77. The molecule has 0 aromatic heterocycles. The third kappa shape index (κ3) is 3.50. The van der Waals surface area contributed by atoms with Crippen molar-refractivity contribution in [3.05, 3.63) is 154 Å². The Morgan fingerprint density at radius 3 is 2.10 bits per heavy atom. The summed E-state index contributed by atoms with van der Waals surface area (Å²) >= 11 is 0. The number of rotatable bonds is 5. The van der Waals surface area contributed by atoms with Crippen molar-refractivity contribution in [1.82, 2.24) is 5.32 Å². The van der Waals surface area contributed by atoms with Gasteiger partial charge in [-0.25, -0.2) is 0 Å². The molecule has 1 aliphatic heterocycles. The summed E-state index contributed by atoms with van der Waals surface area (Å²) in [6.07, 6.45) is 0.852. The maximum atomic E-state index is 13.0. The van der Waals surface area contributed by atoms with E-state index in [0.717, 1.165) is 33.4 Å². The molecule has 0 amide bonds. The summed E-state index contributed by atoms with van der Waals surface area (Å²) in [6, 6.07) is 41.0. The molecule has 0 bridgehead atoms. The van der Waals surface area contributed by atoms with Crippen molar-refractivity contribution in [1.29, 1.82) is 5.26 Å². The number of ether oxygens (including phenoxy) is 2. The molecule has 0 saturated heterocycles. The second-order valence-corrected chi connectivity index (χ2v) is 11.3. The van der Waals surface area contributed by atoms with Crippen molar-refractivity contribution in [2.24, 2.45) is 0 Å². The molecular weight excluding hydrogens is 520 g/mol. The van der Waals surface area contributed by atoms with Gasteiger partial charge in [-0.1, -0.05) is 97.1 Å². The first-order valence-corrected chi connectivity index (χ1v) is 14.3. The van der Waals surface area contributed by atoms with Crippen LogP contribution in [0.5, 0.6) is 11.5 Å². The zero-order chi connectivity index (χ0) is 28.3. The van der Waals surface area contributed by atoms with Crippen LogP contribution in [0, 0.1) is 11.3 Å². The molecule has 0 fully saturated rings. The van der Waals surface area contributed by atoms with E-state index in [1.54, 1.807) is 0 Å². The Morgan fingerprint density at radius 2 is 1.38 bits per heavy atom. The number of benzene rings is 5. The standard InChI is InChI=1S/C37H28N2O3/c38-22-25-11-5-4-10-24(25)21-36(40)32-20-34-33(41-23-42-34)18-26(32)19-35(36)39-37(27-12-2-1-3-13-27)30-16-8-6-14-28(30)29-15-7-9-17-31(29)37/h1-18,20,35,39-40H,19,21,23H2/t35-,36+/m1/s1. The molecule has 0 radical (unpaired) electrons. The van der Waals surface area contributed by atoms with Crippen LogP contribution in [0.25, 0.3) is 11.1 Å². The van der Waals surface area contributed by atoms with E-state index >= 15 is 0 Å². The smallest absolute Gasteiger partial charge is 0.231 e. The van der Waals surface area contributed by atoms with Crippen LogP contribution >= 0.6 is 0 Å². The molecule has 2 aliphatic carbocycles. The van der Waals surface area contributed by atoms with Gasteiger partial charge < -0.3 is 14.6 Å². The highest BCUT2D eigenvalue weighted by Crippen LogP contribution is 2.53. The minimum atomic E-state index is -1.34. The molecule has 5 aromatic rings. The number of nitrogens with one attached hydrogen (secondary N) is 1. The summed E-state index contributed by atoms with van der Waals surface area (Å²) in [4.78, 5) is 0. The van der Waals surface area contributed by atoms with E-state index in [2.05, 4.69) is 84.2 Å². The number of aliphatic hydroxyl groups is 1. The monoisotopic (exact) mass is 548 g/mol. The summed E-state index contributed by atoms with van der Waals surface area (Å²) in [5.41, 5.74) is 6.91. The molecule has 0 spiro atoms. The first kappa shape index (κ1) is 24.9. The molecule has 3 aliphatic rings. The summed E-state index contributed by atoms with van der Waals surface area (Å²) < 4.78 is 11.5. The Morgan fingerprint density at radius 1 is 0.762 bits per heavy atom. The highest BCUT2D eigenvalue weighted by Gasteiger charge is 2.53. The van der Waals surface area contributed by atoms with Gasteiger partial charge in [0.15, 0.2) is 11.5 Å². The van der Waals surface area contributed by atoms with Crippen LogP contribution in [0.2, 0.25) is 0 Å². The van der Waals surface area contributed by atoms with E-state index in [4.69, 9.17) is 9.47 Å². The SMILES string of the molecule is N#Cc1ccccc1C[C@]1(O)c2cc3c(cc2C[C@H]1NC1(c2ccccc2)c2ccccc2-c2ccccc21)OCO3. The maximum absolute atomic E-state index is 13.0. The Balaban J connectivity index is 1.34. The van der Waals surface area contributed by atoms with Gasteiger partial charge in [-0.15, -0.1) is 0 Å². The van der Waals surface area contributed by atoms with Gasteiger partial charge in [0.05, 0.1) is 17.2 Å². The average molecular weight is 549 g/mol. The van der Waals surface area contributed by atoms with Crippen LogP contribution < -0.4 is 14.8 Å². The number of hydrogen-bond donors (Lipinski definition) is 2. The zero-order valence-corrected chi connectivity index (χ0v) is 22.9. The quantitative estimate of drug-likeness (QED) is 0.273. The number of nitrogens with zero attached hydrogens (tertiary/aromatic N) is 1. The van der Waals surface area contributed by atoms with Crippen LogP contribution in [0.3, 0.4) is 0 Å². The van der Waals surface area contributed by atoms with Crippen molar-refractivity contribution >= 4 is 0 Å². The van der Waals surface area contributed by atoms with Gasteiger partial charge in [-0.3, -0.25) is 5.32 Å². The minimum Gasteiger partial charge on any atom is -0.454 e. The number of hydrogen-bond acceptors (Lipinski definition) is 5. The second kappa shape index (κ2) is 9.32. The molecule has 5 aromatic carbocycles. The molecule has 0 saturated carbocycles. The van der Waals surface area contributed by atoms with E-state index in [-0.39, 0.29) is 13.2 Å². The largest absolute Gasteiger partial charge is 0.454 e. The Bertz CT molecular complexity index is 1850. The number of nitriles is 1. The first-order chi connectivity index (χ1) is 20.6. The first-order valence-electron chi connectivity index (χ1n) is 14.3. The van der Waals surface area contributed by atoms with Gasteiger partial charge in [0.2, 0.25) is 6.79 Å². The third-order valence-corrected chi connectivity index (χ3v) is 9.21. The van der Waals surface area contributed by atoms with Crippen LogP contribution in [0.15, 0.2) is 115 Å². The maximum Gasteiger partial charge on any atom is 0.231 e. The van der Waals surface area contributed by atoms with Crippen molar-refractivity contribution in [2.75, 3.05) is 6.79 Å². The molecule has 8 rings (SSSR count). The summed E-state index contributed by atoms with van der Waals surface area (Å²) in [5, 5.41) is 27.0. The van der Waals surface area contributed by atoms with E-state index < -0.39 is 17.2 Å². The number of fused-ring (bicyclic) bond motifs is 5. The molecule has 5 heteroatoms. The van der Waals surface area contributed by atoms with Gasteiger partial charge in [-0.2, -0.15) is 5.26 Å². The summed E-state index contributed by atoms with van der Waals surface area (Å²) in [6.45, 7) is 0.167. The topological polar surface area (TPSA) is 74.5 Å². The fourth-order valence-electron chi connectivity index (χ4n) is 7.33. The summed E-state index contributed by atoms with van der Waals surface area (Å²) in [5.74, 6) is 1.33. The molecule has 0 unspecified atom stereocenters. The van der Waals surface area contributed by atoms with Crippen molar-refractivity contribution < 1.29 is 14.6 Å². The van der Waals surface area contributed by atoms with Gasteiger partial charge in [-0.05, 0) is 69.1 Å². The van der Waals surface area contributed by atoms with E-state index in [1.807, 2.05) is 42.5 Å². The molecule has 5 nitrogen and oxygen atoms in total. The van der Waals surface area contributed by atoms with Crippen molar-refractivity contribution in [3.63, 3.8) is 0 Å². The van der Waals surface area contributed by atoms with Crippen LogP contribution in [-0.2, 0) is 24.0 Å². The minimum absolute atomic E-state index is 0.167. The fourth-order valence-corrected chi connectivity index (χ4v) is 7.33. The zero-order valence-electron chi connectivity index (χ0n) is 22.9. The average Bonchev–Trinajstić information content (AvgIpc) is 3.69. The molecule has 2 atom stereocenters. The van der Waals surface area contributed by atoms with Crippen LogP contribution in [0.4, 0.5) is 0 Å². The summed E-state index contributed by atoms with van der Waals surface area (Å²) in [7, 11) is 0. The lowest BCUT2D eigenvalue weighted by Gasteiger charge is -2.42. The van der Waals surface area contributed by atoms with Gasteiger partial charge in [0.1, 0.15) is 5.60 Å². The van der Waals surface area contributed by atoms with Crippen LogP contribution in [-0.4, -0.2) is 17.9 Å². The van der Waals surface area contributed by atoms with E-state index in [0.29, 0.717) is 23.5 Å². The van der Waals surface area contributed by atoms with Gasteiger partial charge in [0.25, 0.3) is 0 Å². The normalized spacial score (nSPS) is 20.4. The lowest BCUT2D eigenvalue weighted by molar-refractivity contribution is 0.00186. The van der Waals surface area contributed by atoms with Gasteiger partial charge >= 0.3 is 0 Å². The molecule has 1 heterocycles. The van der Waals surface area contributed by atoms with E-state index in [1.165, 1.54) is 11.1 Å². The Labute approximate surface area is 244 Å². The van der Waals surface area contributed by atoms with Crippen molar-refractivity contribution in [3.8, 4) is 28.7 Å².